The highest BCUT2D eigenvalue weighted by Gasteiger charge is 2.30. The number of para-hydroxylation sites is 1. The highest BCUT2D eigenvalue weighted by Crippen LogP contribution is 2.18. The molecule has 3 atom stereocenters. The molecule has 2 N–H and O–H groups in total. The molecular formula is C19H28NO5+. The van der Waals surface area contributed by atoms with Crippen molar-refractivity contribution in [1.82, 2.24) is 0 Å². The molecule has 1 aliphatic rings. The number of hydrogen-bond donors (Lipinski definition) is 2. The van der Waals surface area contributed by atoms with Crippen molar-refractivity contribution in [3.63, 3.8) is 0 Å². The smallest absolute Gasteiger partial charge is 0.314 e. The summed E-state index contributed by atoms with van der Waals surface area (Å²) < 4.78 is 10.7. The summed E-state index contributed by atoms with van der Waals surface area (Å²) in [4.78, 5) is 24.7. The maximum absolute atomic E-state index is 11.9. The third-order valence-corrected chi connectivity index (χ3v) is 4.46. The van der Waals surface area contributed by atoms with E-state index in [2.05, 4.69) is 0 Å². The third kappa shape index (κ3) is 5.83. The first-order chi connectivity index (χ1) is 12.0. The summed E-state index contributed by atoms with van der Waals surface area (Å²) >= 11 is 0. The molecule has 0 aromatic heterocycles. The molecule has 0 aliphatic carbocycles. The number of aliphatic hydroxyl groups excluding tert-OH is 1. The number of Topliss-reactive ketones (excluding diaryl/α,β-unsaturated/α-hetero) is 1. The summed E-state index contributed by atoms with van der Waals surface area (Å²) in [6.07, 6.45) is 1.14. The van der Waals surface area contributed by atoms with E-state index in [9.17, 15) is 14.7 Å². The van der Waals surface area contributed by atoms with Gasteiger partial charge in [0.25, 0.3) is 0 Å². The second-order valence-electron chi connectivity index (χ2n) is 6.52. The summed E-state index contributed by atoms with van der Waals surface area (Å²) in [5.41, 5.74) is 0.516. The molecule has 0 bridgehead atoms. The topological polar surface area (TPSA) is 77.3 Å². The lowest BCUT2D eigenvalue weighted by atomic mass is 9.98. The second kappa shape index (κ2) is 9.53. The fourth-order valence-electron chi connectivity index (χ4n) is 3.26. The summed E-state index contributed by atoms with van der Waals surface area (Å²) in [7, 11) is 0. The van der Waals surface area contributed by atoms with Crippen molar-refractivity contribution < 1.29 is 29.1 Å². The van der Waals surface area contributed by atoms with E-state index in [0.29, 0.717) is 31.0 Å². The molecule has 1 aromatic rings. The van der Waals surface area contributed by atoms with E-state index in [-0.39, 0.29) is 24.3 Å². The Bertz CT molecular complexity index is 589. The Hall–Kier alpha value is -1.92. The van der Waals surface area contributed by atoms with E-state index in [1.165, 1.54) is 11.8 Å². The maximum Gasteiger partial charge on any atom is 0.314 e. The molecule has 1 saturated heterocycles. The van der Waals surface area contributed by atoms with Crippen LogP contribution in [0, 0.1) is 5.92 Å². The number of esters is 1. The SMILES string of the molecule is CCOC(=O)[C@@H]1CCC[NH+](C[C@H](O)COc2ccccc2C(C)=O)C1. The average Bonchev–Trinajstić information content (AvgIpc) is 2.60. The van der Waals surface area contributed by atoms with Crippen LogP contribution in [0.2, 0.25) is 0 Å². The first kappa shape index (κ1) is 19.4. The first-order valence-electron chi connectivity index (χ1n) is 8.92. The van der Waals surface area contributed by atoms with Gasteiger partial charge in [0.2, 0.25) is 0 Å². The van der Waals surface area contributed by atoms with Gasteiger partial charge in [0, 0.05) is 0 Å². The fourth-order valence-corrected chi connectivity index (χ4v) is 3.26. The van der Waals surface area contributed by atoms with Gasteiger partial charge in [-0.15, -0.1) is 0 Å². The minimum atomic E-state index is -0.657. The molecule has 2 rings (SSSR count). The van der Waals surface area contributed by atoms with E-state index in [0.717, 1.165) is 19.4 Å². The third-order valence-electron chi connectivity index (χ3n) is 4.46. The number of piperidine rings is 1. The predicted molar refractivity (Wildman–Crippen MR) is 92.9 cm³/mol. The number of benzene rings is 1. The van der Waals surface area contributed by atoms with E-state index in [1.807, 2.05) is 6.92 Å². The van der Waals surface area contributed by atoms with Crippen LogP contribution in [0.1, 0.15) is 37.0 Å². The number of likely N-dealkylation sites (tertiary alicyclic amines) is 1. The van der Waals surface area contributed by atoms with Crippen molar-refractivity contribution in [3.05, 3.63) is 29.8 Å². The van der Waals surface area contributed by atoms with Crippen molar-refractivity contribution >= 4 is 11.8 Å². The number of quaternary nitrogens is 1. The van der Waals surface area contributed by atoms with Gasteiger partial charge in [0.05, 0.1) is 25.3 Å². The highest BCUT2D eigenvalue weighted by molar-refractivity contribution is 5.96. The summed E-state index contributed by atoms with van der Waals surface area (Å²) in [6, 6.07) is 7.03. The number of aliphatic hydroxyl groups is 1. The summed E-state index contributed by atoms with van der Waals surface area (Å²) in [6.45, 7) is 5.95. The highest BCUT2D eigenvalue weighted by atomic mass is 16.5. The van der Waals surface area contributed by atoms with Crippen molar-refractivity contribution in [3.8, 4) is 5.75 Å². The van der Waals surface area contributed by atoms with Crippen LogP contribution in [0.15, 0.2) is 24.3 Å². The quantitative estimate of drug-likeness (QED) is 0.527. The van der Waals surface area contributed by atoms with Gasteiger partial charge >= 0.3 is 5.97 Å². The van der Waals surface area contributed by atoms with E-state index >= 15 is 0 Å². The van der Waals surface area contributed by atoms with E-state index in [4.69, 9.17) is 9.47 Å². The van der Waals surface area contributed by atoms with Crippen LogP contribution in [-0.4, -0.2) is 55.8 Å². The number of carbonyl (C=O) groups excluding carboxylic acids is 2. The molecule has 6 nitrogen and oxygen atoms in total. The van der Waals surface area contributed by atoms with Gasteiger partial charge in [0.1, 0.15) is 30.9 Å². The molecule has 1 heterocycles. The Kier molecular flexibility index (Phi) is 7.40. The predicted octanol–water partition coefficient (Wildman–Crippen LogP) is 0.487. The van der Waals surface area contributed by atoms with Gasteiger partial charge in [-0.05, 0) is 38.8 Å². The summed E-state index contributed by atoms with van der Waals surface area (Å²) in [5, 5.41) is 10.3. The van der Waals surface area contributed by atoms with Crippen molar-refractivity contribution in [1.29, 1.82) is 0 Å². The molecule has 1 aliphatic heterocycles. The Morgan fingerprint density at radius 2 is 2.12 bits per heavy atom. The van der Waals surface area contributed by atoms with Gasteiger partial charge in [-0.2, -0.15) is 0 Å². The Morgan fingerprint density at radius 1 is 1.36 bits per heavy atom. The molecule has 6 heteroatoms. The normalized spacial score (nSPS) is 21.4. The zero-order valence-electron chi connectivity index (χ0n) is 15.0. The maximum atomic E-state index is 11.9. The molecular weight excluding hydrogens is 322 g/mol. The Morgan fingerprint density at radius 3 is 2.84 bits per heavy atom. The van der Waals surface area contributed by atoms with Gasteiger partial charge < -0.3 is 19.5 Å². The lowest BCUT2D eigenvalue weighted by Crippen LogP contribution is -3.15. The van der Waals surface area contributed by atoms with Crippen molar-refractivity contribution in [2.75, 3.05) is 32.8 Å². The first-order valence-corrected chi connectivity index (χ1v) is 8.92. The van der Waals surface area contributed by atoms with Gasteiger partial charge in [0.15, 0.2) is 5.78 Å². The molecule has 0 saturated carbocycles. The monoisotopic (exact) mass is 350 g/mol. The largest absolute Gasteiger partial charge is 0.490 e. The van der Waals surface area contributed by atoms with Crippen LogP contribution in [0.5, 0.6) is 5.75 Å². The lowest BCUT2D eigenvalue weighted by molar-refractivity contribution is -0.910. The molecule has 1 aromatic carbocycles. The number of ether oxygens (including phenoxy) is 2. The standard InChI is InChI=1S/C19H27NO5/c1-3-24-19(23)15-7-6-10-20(11-15)12-16(22)13-25-18-9-5-4-8-17(18)14(2)21/h4-5,8-9,15-16,22H,3,6-7,10-13H2,1-2H3/p+1/t15-,16+/m1/s1. The molecule has 0 spiro atoms. The van der Waals surface area contributed by atoms with E-state index in [1.54, 1.807) is 24.3 Å². The molecule has 138 valence electrons. The Labute approximate surface area is 148 Å². The zero-order chi connectivity index (χ0) is 18.2. The van der Waals surface area contributed by atoms with E-state index < -0.39 is 6.10 Å². The number of nitrogens with one attached hydrogen (secondary N) is 1. The van der Waals surface area contributed by atoms with Crippen LogP contribution >= 0.6 is 0 Å². The Balaban J connectivity index is 1.83. The minimum absolute atomic E-state index is 0.0657. The molecule has 0 amide bonds. The molecule has 0 radical (unpaired) electrons. The van der Waals surface area contributed by atoms with Gasteiger partial charge in [-0.25, -0.2) is 0 Å². The second-order valence-corrected chi connectivity index (χ2v) is 6.52. The summed E-state index contributed by atoms with van der Waals surface area (Å²) in [5.74, 6) is 0.201. The van der Waals surface area contributed by atoms with Crippen molar-refractivity contribution in [2.45, 2.75) is 32.8 Å². The number of ketones is 1. The molecule has 1 fully saturated rings. The average molecular weight is 350 g/mol. The number of hydrogen-bond acceptors (Lipinski definition) is 5. The minimum Gasteiger partial charge on any atom is -0.490 e. The van der Waals surface area contributed by atoms with Crippen LogP contribution < -0.4 is 9.64 Å². The molecule has 1 unspecified atom stereocenters. The molecule has 25 heavy (non-hydrogen) atoms. The van der Waals surface area contributed by atoms with Crippen LogP contribution in [-0.2, 0) is 9.53 Å². The van der Waals surface area contributed by atoms with Gasteiger partial charge in [-0.3, -0.25) is 9.59 Å². The van der Waals surface area contributed by atoms with Crippen LogP contribution in [0.25, 0.3) is 0 Å². The van der Waals surface area contributed by atoms with Gasteiger partial charge in [-0.1, -0.05) is 12.1 Å². The fraction of sp³-hybridized carbons (Fsp3) is 0.579. The lowest BCUT2D eigenvalue weighted by Gasteiger charge is -2.30. The van der Waals surface area contributed by atoms with Crippen LogP contribution in [0.4, 0.5) is 0 Å². The van der Waals surface area contributed by atoms with Crippen LogP contribution in [0.3, 0.4) is 0 Å². The number of rotatable bonds is 8. The zero-order valence-corrected chi connectivity index (χ0v) is 15.0. The van der Waals surface area contributed by atoms with Crippen molar-refractivity contribution in [2.24, 2.45) is 5.92 Å². The number of carbonyl (C=O) groups is 2.